The Balaban J connectivity index is 2.57. The summed E-state index contributed by atoms with van der Waals surface area (Å²) in [6.45, 7) is 3.54. The summed E-state index contributed by atoms with van der Waals surface area (Å²) in [5.41, 5.74) is 0. The van der Waals surface area contributed by atoms with Crippen molar-refractivity contribution in [1.82, 2.24) is 10.2 Å². The van der Waals surface area contributed by atoms with Gasteiger partial charge >= 0.3 is 0 Å². The molecule has 0 aromatic carbocycles. The van der Waals surface area contributed by atoms with Gasteiger partial charge in [0.05, 0.1) is 15.5 Å². The summed E-state index contributed by atoms with van der Waals surface area (Å²) < 4.78 is 26.2. The Morgan fingerprint density at radius 2 is 2.40 bits per heavy atom. The van der Waals surface area contributed by atoms with Crippen LogP contribution in [0.15, 0.2) is 18.9 Å². The van der Waals surface area contributed by atoms with E-state index in [2.05, 4.69) is 21.5 Å². The van der Waals surface area contributed by atoms with Crippen LogP contribution < -0.4 is 4.72 Å². The molecule has 0 saturated carbocycles. The van der Waals surface area contributed by atoms with Crippen molar-refractivity contribution in [2.45, 2.75) is 12.8 Å². The first-order valence-electron chi connectivity index (χ1n) is 4.35. The van der Waals surface area contributed by atoms with Crippen LogP contribution in [0.4, 0.5) is 5.82 Å². The number of halogens is 1. The van der Waals surface area contributed by atoms with E-state index in [0.717, 1.165) is 3.57 Å². The maximum atomic E-state index is 11.5. The number of unbranched alkanes of at least 4 members (excludes halogenated alkanes) is 1. The van der Waals surface area contributed by atoms with Crippen molar-refractivity contribution in [3.05, 3.63) is 22.4 Å². The SMILES string of the molecule is C=CCCCS(=O)(=O)Nc1[nH]ncc1I. The Bertz CT molecular complexity index is 427. The zero-order valence-electron chi connectivity index (χ0n) is 8.03. The van der Waals surface area contributed by atoms with E-state index in [1.807, 2.05) is 22.6 Å². The van der Waals surface area contributed by atoms with Crippen LogP contribution in [0, 0.1) is 3.57 Å². The maximum absolute atomic E-state index is 11.5. The van der Waals surface area contributed by atoms with Crippen LogP contribution in [-0.2, 0) is 10.0 Å². The van der Waals surface area contributed by atoms with Crippen molar-refractivity contribution in [3.63, 3.8) is 0 Å². The summed E-state index contributed by atoms with van der Waals surface area (Å²) in [6.07, 6.45) is 4.53. The zero-order chi connectivity index (χ0) is 11.3. The number of sulfonamides is 1. The average molecular weight is 341 g/mol. The molecule has 0 aliphatic rings. The van der Waals surface area contributed by atoms with Crippen LogP contribution in [0.1, 0.15) is 12.8 Å². The molecule has 84 valence electrons. The van der Waals surface area contributed by atoms with Gasteiger partial charge in [0.25, 0.3) is 0 Å². The minimum absolute atomic E-state index is 0.0914. The van der Waals surface area contributed by atoms with Crippen LogP contribution >= 0.6 is 22.6 Å². The second kappa shape index (κ2) is 5.50. The molecule has 1 aromatic rings. The molecule has 0 atom stereocenters. The molecule has 0 spiro atoms. The van der Waals surface area contributed by atoms with Crippen molar-refractivity contribution >= 4 is 38.4 Å². The number of hydrogen-bond donors (Lipinski definition) is 2. The zero-order valence-corrected chi connectivity index (χ0v) is 11.0. The summed E-state index contributed by atoms with van der Waals surface area (Å²) in [6, 6.07) is 0. The van der Waals surface area contributed by atoms with E-state index in [-0.39, 0.29) is 5.75 Å². The van der Waals surface area contributed by atoms with E-state index < -0.39 is 10.0 Å². The number of aromatic amines is 1. The Morgan fingerprint density at radius 3 is 2.93 bits per heavy atom. The van der Waals surface area contributed by atoms with Crippen molar-refractivity contribution in [1.29, 1.82) is 0 Å². The molecule has 0 aliphatic heterocycles. The topological polar surface area (TPSA) is 74.8 Å². The molecular formula is C8H12IN3O2S. The number of aromatic nitrogens is 2. The number of rotatable bonds is 6. The van der Waals surface area contributed by atoms with E-state index in [9.17, 15) is 8.42 Å². The summed E-state index contributed by atoms with van der Waals surface area (Å²) in [5.74, 6) is 0.517. The number of allylic oxidation sites excluding steroid dienone is 1. The predicted octanol–water partition coefficient (Wildman–Crippen LogP) is 1.72. The highest BCUT2D eigenvalue weighted by Crippen LogP contribution is 2.15. The highest BCUT2D eigenvalue weighted by atomic mass is 127. The molecule has 5 nitrogen and oxygen atoms in total. The van der Waals surface area contributed by atoms with Crippen LogP contribution in [0.3, 0.4) is 0 Å². The van der Waals surface area contributed by atoms with Crippen molar-refractivity contribution in [3.8, 4) is 0 Å². The van der Waals surface area contributed by atoms with Gasteiger partial charge in [0.15, 0.2) is 0 Å². The summed E-state index contributed by atoms with van der Waals surface area (Å²) in [4.78, 5) is 0. The van der Waals surface area contributed by atoms with Crippen LogP contribution in [0.5, 0.6) is 0 Å². The first-order chi connectivity index (χ1) is 7.05. The Labute approximate surface area is 103 Å². The molecule has 1 rings (SSSR count). The monoisotopic (exact) mass is 341 g/mol. The molecule has 2 N–H and O–H groups in total. The fraction of sp³-hybridized carbons (Fsp3) is 0.375. The average Bonchev–Trinajstić information content (AvgIpc) is 2.51. The van der Waals surface area contributed by atoms with Crippen LogP contribution in [0.25, 0.3) is 0 Å². The molecule has 0 unspecified atom stereocenters. The highest BCUT2D eigenvalue weighted by molar-refractivity contribution is 14.1. The standard InChI is InChI=1S/C8H12IN3O2S/c1-2-3-4-5-15(13,14)12-8-7(9)6-10-11-8/h2,6H,1,3-5H2,(H2,10,11,12). The predicted molar refractivity (Wildman–Crippen MR) is 68.1 cm³/mol. The lowest BCUT2D eigenvalue weighted by Crippen LogP contribution is -2.17. The molecule has 1 aromatic heterocycles. The Morgan fingerprint density at radius 1 is 1.67 bits per heavy atom. The molecule has 0 aliphatic carbocycles. The summed E-state index contributed by atoms with van der Waals surface area (Å²) in [5, 5.41) is 6.31. The largest absolute Gasteiger partial charge is 0.267 e. The molecule has 0 fully saturated rings. The summed E-state index contributed by atoms with van der Waals surface area (Å²) >= 11 is 2.00. The lowest BCUT2D eigenvalue weighted by molar-refractivity contribution is 0.598. The van der Waals surface area contributed by atoms with Gasteiger partial charge in [0.1, 0.15) is 5.82 Å². The van der Waals surface area contributed by atoms with Crippen molar-refractivity contribution < 1.29 is 8.42 Å². The third-order valence-electron chi connectivity index (χ3n) is 1.67. The van der Waals surface area contributed by atoms with E-state index in [0.29, 0.717) is 18.7 Å². The van der Waals surface area contributed by atoms with E-state index in [1.165, 1.54) is 0 Å². The normalized spacial score (nSPS) is 11.3. The van der Waals surface area contributed by atoms with Gasteiger partial charge in [-0.05, 0) is 35.4 Å². The van der Waals surface area contributed by atoms with Gasteiger partial charge in [-0.3, -0.25) is 9.82 Å². The van der Waals surface area contributed by atoms with Crippen molar-refractivity contribution in [2.75, 3.05) is 10.5 Å². The number of nitrogens with one attached hydrogen (secondary N) is 2. The maximum Gasteiger partial charge on any atom is 0.233 e. The molecule has 0 saturated heterocycles. The molecular weight excluding hydrogens is 329 g/mol. The lowest BCUT2D eigenvalue weighted by atomic mass is 10.3. The van der Waals surface area contributed by atoms with Gasteiger partial charge in [-0.15, -0.1) is 6.58 Å². The first kappa shape index (κ1) is 12.5. The first-order valence-corrected chi connectivity index (χ1v) is 7.08. The number of anilines is 1. The number of H-pyrrole nitrogens is 1. The van der Waals surface area contributed by atoms with Gasteiger partial charge in [-0.1, -0.05) is 6.08 Å². The van der Waals surface area contributed by atoms with Gasteiger partial charge in [-0.2, -0.15) is 5.10 Å². The molecule has 7 heteroatoms. The second-order valence-corrected chi connectivity index (χ2v) is 5.95. The third kappa shape index (κ3) is 4.20. The molecule has 15 heavy (non-hydrogen) atoms. The van der Waals surface area contributed by atoms with E-state index >= 15 is 0 Å². The van der Waals surface area contributed by atoms with Crippen LogP contribution in [0.2, 0.25) is 0 Å². The highest BCUT2D eigenvalue weighted by Gasteiger charge is 2.12. The lowest BCUT2D eigenvalue weighted by Gasteiger charge is -2.05. The minimum atomic E-state index is -3.27. The van der Waals surface area contributed by atoms with Gasteiger partial charge in [0, 0.05) is 0 Å². The quantitative estimate of drug-likeness (QED) is 0.470. The molecule has 0 radical (unpaired) electrons. The van der Waals surface area contributed by atoms with Gasteiger partial charge in [-0.25, -0.2) is 8.42 Å². The minimum Gasteiger partial charge on any atom is -0.267 e. The molecule has 0 bridgehead atoms. The van der Waals surface area contributed by atoms with Gasteiger partial charge in [0.2, 0.25) is 10.0 Å². The van der Waals surface area contributed by atoms with E-state index in [4.69, 9.17) is 0 Å². The van der Waals surface area contributed by atoms with Gasteiger partial charge < -0.3 is 0 Å². The summed E-state index contributed by atoms with van der Waals surface area (Å²) in [7, 11) is -3.27. The smallest absolute Gasteiger partial charge is 0.233 e. The number of hydrogen-bond acceptors (Lipinski definition) is 3. The molecule has 1 heterocycles. The van der Waals surface area contributed by atoms with E-state index in [1.54, 1.807) is 12.3 Å². The van der Waals surface area contributed by atoms with Crippen LogP contribution in [-0.4, -0.2) is 24.4 Å². The Hall–Kier alpha value is -0.570. The third-order valence-corrected chi connectivity index (χ3v) is 3.83. The fourth-order valence-corrected chi connectivity index (χ4v) is 2.66. The fourth-order valence-electron chi connectivity index (χ4n) is 0.967. The number of nitrogens with zero attached hydrogens (tertiary/aromatic N) is 1. The second-order valence-electron chi connectivity index (χ2n) is 2.94. The van der Waals surface area contributed by atoms with Crippen molar-refractivity contribution in [2.24, 2.45) is 0 Å². The Kier molecular flexibility index (Phi) is 4.58. The molecule has 0 amide bonds.